The number of nitriles is 1. The van der Waals surface area contributed by atoms with Crippen LogP contribution in [0.5, 0.6) is 0 Å². The van der Waals surface area contributed by atoms with Crippen LogP contribution in [-0.2, 0) is 4.79 Å². The van der Waals surface area contributed by atoms with E-state index >= 15 is 0 Å². The second-order valence-electron chi connectivity index (χ2n) is 10.0. The normalized spacial score (nSPS) is 15.5. The first-order valence-corrected chi connectivity index (χ1v) is 12.5. The minimum atomic E-state index is 0.0997. The molecule has 1 atom stereocenters. The van der Waals surface area contributed by atoms with Crippen LogP contribution in [0, 0.1) is 18.3 Å². The molecule has 0 N–H and O–H groups in total. The third-order valence-corrected chi connectivity index (χ3v) is 7.15. The van der Waals surface area contributed by atoms with Gasteiger partial charge in [0, 0.05) is 58.8 Å². The van der Waals surface area contributed by atoms with Gasteiger partial charge in [0.25, 0.3) is 6.01 Å². The van der Waals surface area contributed by atoms with Crippen LogP contribution in [0.3, 0.4) is 0 Å². The minimum absolute atomic E-state index is 0.0997. The van der Waals surface area contributed by atoms with Gasteiger partial charge in [-0.2, -0.15) is 10.2 Å². The van der Waals surface area contributed by atoms with Gasteiger partial charge in [-0.3, -0.25) is 4.79 Å². The van der Waals surface area contributed by atoms with Gasteiger partial charge in [-0.25, -0.2) is 0 Å². The largest absolute Gasteiger partial charge is 0.421 e. The summed E-state index contributed by atoms with van der Waals surface area (Å²) < 4.78 is 6.45. The van der Waals surface area contributed by atoms with Crippen LogP contribution in [0.25, 0.3) is 22.2 Å². The molecule has 8 nitrogen and oxygen atoms in total. The lowest BCUT2D eigenvalue weighted by Crippen LogP contribution is -2.31. The molecule has 190 valence electrons. The fourth-order valence-corrected chi connectivity index (χ4v) is 4.95. The van der Waals surface area contributed by atoms with Crippen molar-refractivity contribution in [3.05, 3.63) is 41.5 Å². The number of benzene rings is 2. The Labute approximate surface area is 213 Å². The average Bonchev–Trinajstić information content (AvgIpc) is 3.52. The van der Waals surface area contributed by atoms with Crippen molar-refractivity contribution in [2.75, 3.05) is 64.7 Å². The molecule has 1 aliphatic heterocycles. The monoisotopic (exact) mass is 488 g/mol. The molecule has 1 amide bonds. The van der Waals surface area contributed by atoms with Gasteiger partial charge < -0.3 is 24.0 Å². The number of anilines is 2. The second-order valence-corrected chi connectivity index (χ2v) is 10.0. The predicted octanol–water partition coefficient (Wildman–Crippen LogP) is 4.12. The maximum atomic E-state index is 12.0. The quantitative estimate of drug-likeness (QED) is 0.472. The summed E-state index contributed by atoms with van der Waals surface area (Å²) in [5, 5.41) is 10.2. The van der Waals surface area contributed by atoms with Gasteiger partial charge in [-0.15, -0.1) is 0 Å². The zero-order valence-electron chi connectivity index (χ0n) is 22.2. The summed E-state index contributed by atoms with van der Waals surface area (Å²) in [5.74, 6) is 0.0997. The molecule has 0 radical (unpaired) electrons. The van der Waals surface area contributed by atoms with Crippen molar-refractivity contribution >= 4 is 28.7 Å². The molecule has 0 saturated carbocycles. The number of aromatic nitrogens is 1. The van der Waals surface area contributed by atoms with E-state index < -0.39 is 0 Å². The van der Waals surface area contributed by atoms with Crippen molar-refractivity contribution in [2.45, 2.75) is 32.2 Å². The highest BCUT2D eigenvalue weighted by Crippen LogP contribution is 2.44. The second kappa shape index (κ2) is 10.6. The summed E-state index contributed by atoms with van der Waals surface area (Å²) >= 11 is 0. The molecule has 4 rings (SSSR count). The molecule has 3 aromatic rings. The van der Waals surface area contributed by atoms with Crippen LogP contribution >= 0.6 is 0 Å². The van der Waals surface area contributed by atoms with E-state index in [0.717, 1.165) is 41.9 Å². The number of fused-ring (bicyclic) bond motifs is 1. The van der Waals surface area contributed by atoms with Crippen LogP contribution in [0.1, 0.15) is 30.4 Å². The lowest BCUT2D eigenvalue weighted by Gasteiger charge is -2.25. The topological polar surface area (TPSA) is 79.8 Å². The Morgan fingerprint density at radius 1 is 1.19 bits per heavy atom. The van der Waals surface area contributed by atoms with E-state index in [1.165, 1.54) is 0 Å². The van der Waals surface area contributed by atoms with Gasteiger partial charge in [-0.05, 0) is 45.0 Å². The number of carbonyl (C=O) groups is 1. The summed E-state index contributed by atoms with van der Waals surface area (Å²) in [6.07, 6.45) is 2.21. The number of hydrogen-bond donors (Lipinski definition) is 0. The number of amides is 1. The molecule has 0 unspecified atom stereocenters. The van der Waals surface area contributed by atoms with Crippen molar-refractivity contribution in [2.24, 2.45) is 0 Å². The average molecular weight is 489 g/mol. The maximum Gasteiger partial charge on any atom is 0.298 e. The summed E-state index contributed by atoms with van der Waals surface area (Å²) in [6, 6.07) is 13.5. The Kier molecular flexibility index (Phi) is 7.51. The SMILES string of the molecule is Cc1c(-c2ccccc2)c(N2CC[C@H](N(C)C)C2)c2oc(N(C)CCCC(=O)N(C)C)nc2c1C#N. The van der Waals surface area contributed by atoms with Crippen molar-refractivity contribution in [3.63, 3.8) is 0 Å². The molecule has 0 spiro atoms. The molecule has 2 aromatic carbocycles. The van der Waals surface area contributed by atoms with Gasteiger partial charge >= 0.3 is 0 Å². The van der Waals surface area contributed by atoms with E-state index in [9.17, 15) is 10.1 Å². The smallest absolute Gasteiger partial charge is 0.298 e. The van der Waals surface area contributed by atoms with Crippen molar-refractivity contribution < 1.29 is 9.21 Å². The van der Waals surface area contributed by atoms with E-state index in [0.29, 0.717) is 48.1 Å². The number of oxazole rings is 1. The van der Waals surface area contributed by atoms with Crippen LogP contribution in [0.15, 0.2) is 34.7 Å². The maximum absolute atomic E-state index is 12.0. The summed E-state index contributed by atoms with van der Waals surface area (Å²) in [6.45, 7) is 4.42. The summed E-state index contributed by atoms with van der Waals surface area (Å²) in [5.41, 5.74) is 5.81. The molecule has 1 aromatic heterocycles. The molecular formula is C28H36N6O2. The van der Waals surface area contributed by atoms with Crippen molar-refractivity contribution in [1.29, 1.82) is 5.26 Å². The Balaban J connectivity index is 1.81. The van der Waals surface area contributed by atoms with Gasteiger partial charge in [0.05, 0.1) is 11.3 Å². The lowest BCUT2D eigenvalue weighted by molar-refractivity contribution is -0.128. The van der Waals surface area contributed by atoms with Crippen molar-refractivity contribution in [3.8, 4) is 17.2 Å². The van der Waals surface area contributed by atoms with Gasteiger partial charge in [0.2, 0.25) is 5.91 Å². The molecule has 2 heterocycles. The van der Waals surface area contributed by atoms with E-state index in [-0.39, 0.29) is 5.91 Å². The van der Waals surface area contributed by atoms with Crippen LogP contribution in [0.4, 0.5) is 11.7 Å². The molecule has 1 fully saturated rings. The number of rotatable bonds is 8. The van der Waals surface area contributed by atoms with E-state index in [1.807, 2.05) is 37.1 Å². The predicted molar refractivity (Wildman–Crippen MR) is 144 cm³/mol. The summed E-state index contributed by atoms with van der Waals surface area (Å²) in [4.78, 5) is 25.0. The number of carbonyl (C=O) groups excluding carboxylic acids is 1. The first-order chi connectivity index (χ1) is 17.2. The number of likely N-dealkylation sites (N-methyl/N-ethyl adjacent to an activating group) is 1. The highest BCUT2D eigenvalue weighted by molar-refractivity contribution is 6.03. The first kappa shape index (κ1) is 25.5. The molecule has 0 bridgehead atoms. The molecule has 0 aliphatic carbocycles. The number of nitrogens with zero attached hydrogens (tertiary/aromatic N) is 6. The van der Waals surface area contributed by atoms with Crippen LogP contribution in [0.2, 0.25) is 0 Å². The third kappa shape index (κ3) is 4.89. The van der Waals surface area contributed by atoms with E-state index in [1.54, 1.807) is 19.0 Å². The minimum Gasteiger partial charge on any atom is -0.421 e. The number of hydrogen-bond acceptors (Lipinski definition) is 7. The Morgan fingerprint density at radius 3 is 2.53 bits per heavy atom. The van der Waals surface area contributed by atoms with E-state index in [4.69, 9.17) is 9.40 Å². The van der Waals surface area contributed by atoms with Gasteiger partial charge in [0.15, 0.2) is 5.58 Å². The summed E-state index contributed by atoms with van der Waals surface area (Å²) in [7, 11) is 9.69. The zero-order chi connectivity index (χ0) is 26.0. The van der Waals surface area contributed by atoms with Crippen molar-refractivity contribution in [1.82, 2.24) is 14.8 Å². The molecular weight excluding hydrogens is 452 g/mol. The highest BCUT2D eigenvalue weighted by Gasteiger charge is 2.32. The van der Waals surface area contributed by atoms with Gasteiger partial charge in [0.1, 0.15) is 11.6 Å². The highest BCUT2D eigenvalue weighted by atomic mass is 16.4. The third-order valence-electron chi connectivity index (χ3n) is 7.15. The van der Waals surface area contributed by atoms with Crippen LogP contribution < -0.4 is 9.80 Å². The zero-order valence-corrected chi connectivity index (χ0v) is 22.2. The fraction of sp³-hybridized carbons (Fsp3) is 0.464. The van der Waals surface area contributed by atoms with Crippen LogP contribution in [-0.4, -0.2) is 81.6 Å². The van der Waals surface area contributed by atoms with E-state index in [2.05, 4.69) is 42.1 Å². The fourth-order valence-electron chi connectivity index (χ4n) is 4.95. The Morgan fingerprint density at radius 2 is 1.92 bits per heavy atom. The standard InChI is InChI=1S/C28H36N6O2/c1-19-22(17-29)25-27(36-28(30-25)33(6)15-10-13-23(35)32(4)5)26(24(19)20-11-8-7-9-12-20)34-16-14-21(18-34)31(2)3/h7-9,11-12,21H,10,13-16,18H2,1-6H3/t21-/m0/s1. The molecule has 1 aliphatic rings. The molecule has 1 saturated heterocycles. The Hall–Kier alpha value is -3.57. The van der Waals surface area contributed by atoms with Gasteiger partial charge in [-0.1, -0.05) is 30.3 Å². The molecule has 36 heavy (non-hydrogen) atoms. The molecule has 8 heteroatoms. The lowest BCUT2D eigenvalue weighted by atomic mass is 9.93. The first-order valence-electron chi connectivity index (χ1n) is 12.5. The Bertz CT molecular complexity index is 1270.